The highest BCUT2D eigenvalue weighted by Crippen LogP contribution is 2.18. The molecular weight excluding hydrogens is 276 g/mol. The van der Waals surface area contributed by atoms with Gasteiger partial charge in [-0.3, -0.25) is 4.79 Å². The van der Waals surface area contributed by atoms with E-state index in [1.807, 2.05) is 13.8 Å². The first-order valence-electron chi connectivity index (χ1n) is 7.13. The molecule has 1 unspecified atom stereocenters. The van der Waals surface area contributed by atoms with Gasteiger partial charge in [-0.05, 0) is 37.3 Å². The van der Waals surface area contributed by atoms with Crippen LogP contribution in [0.2, 0.25) is 5.15 Å². The summed E-state index contributed by atoms with van der Waals surface area (Å²) < 4.78 is 5.60. The molecule has 0 aromatic carbocycles. The number of hydrogen-bond acceptors (Lipinski definition) is 3. The maximum absolute atomic E-state index is 12.2. The minimum absolute atomic E-state index is 0.120. The van der Waals surface area contributed by atoms with Crippen LogP contribution in [0.25, 0.3) is 0 Å². The van der Waals surface area contributed by atoms with Gasteiger partial charge in [0.25, 0.3) is 5.91 Å². The molecule has 0 aliphatic carbocycles. The number of nitrogens with zero attached hydrogens (tertiary/aromatic N) is 1. The number of ether oxygens (including phenoxy) is 1. The van der Waals surface area contributed by atoms with Crippen LogP contribution in [0.4, 0.5) is 0 Å². The number of nitrogens with one attached hydrogen (secondary N) is 1. The molecule has 0 spiro atoms. The Morgan fingerprint density at radius 1 is 1.50 bits per heavy atom. The standard InChI is InChI=1S/C15H21ClN2O2/c1-10(2)13-7-11(8-14(16)18-13)15(19)17-9-12-5-3-4-6-20-12/h7-8,10,12H,3-6,9H2,1-2H3,(H,17,19). The Kier molecular flexibility index (Phi) is 5.38. The summed E-state index contributed by atoms with van der Waals surface area (Å²) in [4.78, 5) is 16.4. The van der Waals surface area contributed by atoms with Crippen LogP contribution in [0.1, 0.15) is 55.1 Å². The Hall–Kier alpha value is -1.13. The SMILES string of the molecule is CC(C)c1cc(C(=O)NCC2CCCCO2)cc(Cl)n1. The highest BCUT2D eigenvalue weighted by molar-refractivity contribution is 6.29. The second-order valence-corrected chi connectivity index (χ2v) is 5.84. The van der Waals surface area contributed by atoms with Gasteiger partial charge in [0.2, 0.25) is 0 Å². The third-order valence-corrected chi connectivity index (χ3v) is 3.63. The van der Waals surface area contributed by atoms with Gasteiger partial charge in [-0.1, -0.05) is 25.4 Å². The van der Waals surface area contributed by atoms with Crippen LogP contribution in [-0.4, -0.2) is 30.1 Å². The molecule has 1 aliphatic heterocycles. The Bertz CT molecular complexity index is 471. The molecule has 110 valence electrons. The minimum atomic E-state index is -0.120. The van der Waals surface area contributed by atoms with Crippen molar-refractivity contribution in [1.82, 2.24) is 10.3 Å². The van der Waals surface area contributed by atoms with E-state index in [1.54, 1.807) is 12.1 Å². The molecule has 1 saturated heterocycles. The van der Waals surface area contributed by atoms with Crippen molar-refractivity contribution in [2.45, 2.75) is 45.1 Å². The van der Waals surface area contributed by atoms with Crippen molar-refractivity contribution < 1.29 is 9.53 Å². The van der Waals surface area contributed by atoms with E-state index in [4.69, 9.17) is 16.3 Å². The number of amides is 1. The number of pyridine rings is 1. The molecule has 1 aromatic rings. The average molecular weight is 297 g/mol. The maximum atomic E-state index is 12.2. The lowest BCUT2D eigenvalue weighted by Crippen LogP contribution is -2.35. The summed E-state index contributed by atoms with van der Waals surface area (Å²) in [7, 11) is 0. The smallest absolute Gasteiger partial charge is 0.251 e. The first-order valence-corrected chi connectivity index (χ1v) is 7.51. The second kappa shape index (κ2) is 7.04. The van der Waals surface area contributed by atoms with E-state index in [0.29, 0.717) is 17.3 Å². The number of rotatable bonds is 4. The van der Waals surface area contributed by atoms with E-state index < -0.39 is 0 Å². The zero-order valence-corrected chi connectivity index (χ0v) is 12.7. The molecule has 1 fully saturated rings. The molecule has 0 saturated carbocycles. The quantitative estimate of drug-likeness (QED) is 0.868. The predicted octanol–water partition coefficient (Wildman–Crippen LogP) is 3.16. The van der Waals surface area contributed by atoms with Gasteiger partial charge in [0.05, 0.1) is 6.10 Å². The van der Waals surface area contributed by atoms with Gasteiger partial charge < -0.3 is 10.1 Å². The van der Waals surface area contributed by atoms with Crippen LogP contribution >= 0.6 is 11.6 Å². The van der Waals surface area contributed by atoms with E-state index in [2.05, 4.69) is 10.3 Å². The fraction of sp³-hybridized carbons (Fsp3) is 0.600. The lowest BCUT2D eigenvalue weighted by atomic mass is 10.1. The third kappa shape index (κ3) is 4.18. The lowest BCUT2D eigenvalue weighted by Gasteiger charge is -2.22. The molecule has 1 atom stereocenters. The average Bonchev–Trinajstić information content (AvgIpc) is 2.45. The van der Waals surface area contributed by atoms with Gasteiger partial charge in [-0.2, -0.15) is 0 Å². The Morgan fingerprint density at radius 2 is 2.30 bits per heavy atom. The molecule has 5 heteroatoms. The molecule has 2 heterocycles. The van der Waals surface area contributed by atoms with E-state index in [-0.39, 0.29) is 17.9 Å². The molecule has 2 rings (SSSR count). The molecule has 4 nitrogen and oxygen atoms in total. The van der Waals surface area contributed by atoms with Crippen molar-refractivity contribution >= 4 is 17.5 Å². The molecule has 1 aliphatic rings. The Morgan fingerprint density at radius 3 is 2.95 bits per heavy atom. The van der Waals surface area contributed by atoms with Crippen molar-refractivity contribution in [2.24, 2.45) is 0 Å². The number of halogens is 1. The van der Waals surface area contributed by atoms with Crippen molar-refractivity contribution in [1.29, 1.82) is 0 Å². The van der Waals surface area contributed by atoms with E-state index in [9.17, 15) is 4.79 Å². The van der Waals surface area contributed by atoms with Gasteiger partial charge in [0, 0.05) is 24.4 Å². The number of carbonyl (C=O) groups is 1. The van der Waals surface area contributed by atoms with E-state index in [1.165, 1.54) is 6.42 Å². The van der Waals surface area contributed by atoms with Crippen LogP contribution in [0.15, 0.2) is 12.1 Å². The normalized spacial score (nSPS) is 19.1. The van der Waals surface area contributed by atoms with Crippen molar-refractivity contribution in [3.05, 3.63) is 28.5 Å². The summed E-state index contributed by atoms with van der Waals surface area (Å²) in [6, 6.07) is 3.40. The van der Waals surface area contributed by atoms with Crippen LogP contribution in [0, 0.1) is 0 Å². The monoisotopic (exact) mass is 296 g/mol. The first-order chi connectivity index (χ1) is 9.56. The zero-order chi connectivity index (χ0) is 14.5. The lowest BCUT2D eigenvalue weighted by molar-refractivity contribution is 0.0169. The predicted molar refractivity (Wildman–Crippen MR) is 79.3 cm³/mol. The number of carbonyl (C=O) groups excluding carboxylic acids is 1. The number of aromatic nitrogens is 1. The molecule has 0 radical (unpaired) electrons. The summed E-state index contributed by atoms with van der Waals surface area (Å²) in [5.41, 5.74) is 1.39. The van der Waals surface area contributed by atoms with Gasteiger partial charge in [0.15, 0.2) is 0 Å². The van der Waals surface area contributed by atoms with Crippen molar-refractivity contribution in [2.75, 3.05) is 13.2 Å². The Labute approximate surface area is 124 Å². The fourth-order valence-corrected chi connectivity index (χ4v) is 2.44. The van der Waals surface area contributed by atoms with Gasteiger partial charge in [0.1, 0.15) is 5.15 Å². The molecule has 0 bridgehead atoms. The molecule has 1 aromatic heterocycles. The topological polar surface area (TPSA) is 51.2 Å². The highest BCUT2D eigenvalue weighted by atomic mass is 35.5. The highest BCUT2D eigenvalue weighted by Gasteiger charge is 2.16. The minimum Gasteiger partial charge on any atom is -0.376 e. The molecule has 20 heavy (non-hydrogen) atoms. The van der Waals surface area contributed by atoms with Gasteiger partial charge in [-0.15, -0.1) is 0 Å². The van der Waals surface area contributed by atoms with Crippen LogP contribution in [0.3, 0.4) is 0 Å². The van der Waals surface area contributed by atoms with Crippen molar-refractivity contribution in [3.8, 4) is 0 Å². The van der Waals surface area contributed by atoms with E-state index in [0.717, 1.165) is 25.1 Å². The zero-order valence-electron chi connectivity index (χ0n) is 12.0. The largest absolute Gasteiger partial charge is 0.376 e. The molecule has 1 N–H and O–H groups in total. The van der Waals surface area contributed by atoms with Gasteiger partial charge >= 0.3 is 0 Å². The molecular formula is C15H21ClN2O2. The Balaban J connectivity index is 1.97. The fourth-order valence-electron chi connectivity index (χ4n) is 2.22. The van der Waals surface area contributed by atoms with Crippen LogP contribution in [-0.2, 0) is 4.74 Å². The summed E-state index contributed by atoms with van der Waals surface area (Å²) in [5.74, 6) is 0.118. The second-order valence-electron chi connectivity index (χ2n) is 5.46. The van der Waals surface area contributed by atoms with Gasteiger partial charge in [-0.25, -0.2) is 4.98 Å². The van der Waals surface area contributed by atoms with Crippen LogP contribution < -0.4 is 5.32 Å². The number of hydrogen-bond donors (Lipinski definition) is 1. The third-order valence-electron chi connectivity index (χ3n) is 3.43. The summed E-state index contributed by atoms with van der Waals surface area (Å²) in [6.07, 6.45) is 3.42. The van der Waals surface area contributed by atoms with Crippen LogP contribution in [0.5, 0.6) is 0 Å². The summed E-state index contributed by atoms with van der Waals surface area (Å²) in [6.45, 7) is 5.39. The first kappa shape index (κ1) is 15.3. The van der Waals surface area contributed by atoms with E-state index >= 15 is 0 Å². The molecule has 1 amide bonds. The summed E-state index contributed by atoms with van der Waals surface area (Å²) in [5, 5.41) is 3.27. The van der Waals surface area contributed by atoms with Crippen molar-refractivity contribution in [3.63, 3.8) is 0 Å². The summed E-state index contributed by atoms with van der Waals surface area (Å²) >= 11 is 5.97. The maximum Gasteiger partial charge on any atom is 0.251 e.